The second-order valence-corrected chi connectivity index (χ2v) is 11.6. The maximum atomic E-state index is 13.3. The van der Waals surface area contributed by atoms with Gasteiger partial charge in [0.1, 0.15) is 6.54 Å². The average Bonchev–Trinajstić information content (AvgIpc) is 2.81. The Morgan fingerprint density at radius 3 is 2.23 bits per heavy atom. The Labute approximate surface area is 204 Å². The van der Waals surface area contributed by atoms with E-state index in [2.05, 4.69) is 31.3 Å². The van der Waals surface area contributed by atoms with E-state index in [9.17, 15) is 26.4 Å². The number of anilines is 1. The first-order valence-corrected chi connectivity index (χ1v) is 12.8. The molecule has 0 saturated heterocycles. The first kappa shape index (κ1) is 26.7. The van der Waals surface area contributed by atoms with Crippen LogP contribution < -0.4 is 9.73 Å². The molecule has 0 aromatic heterocycles. The lowest BCUT2D eigenvalue weighted by molar-refractivity contribution is -0.137. The van der Waals surface area contributed by atoms with E-state index < -0.39 is 34.2 Å². The van der Waals surface area contributed by atoms with E-state index in [4.69, 9.17) is 0 Å². The van der Waals surface area contributed by atoms with E-state index in [1.165, 1.54) is 30.3 Å². The Morgan fingerprint density at radius 2 is 1.66 bits per heavy atom. The molecule has 1 fully saturated rings. The second-order valence-electron chi connectivity index (χ2n) is 9.73. The first-order valence-electron chi connectivity index (χ1n) is 11.4. The Hall–Kier alpha value is -2.88. The van der Waals surface area contributed by atoms with Gasteiger partial charge in [0.15, 0.2) is 0 Å². The Morgan fingerprint density at radius 1 is 1.03 bits per heavy atom. The zero-order valence-electron chi connectivity index (χ0n) is 20.0. The number of nitrogens with one attached hydrogen (secondary N) is 1. The lowest BCUT2D eigenvalue weighted by Gasteiger charge is -2.34. The summed E-state index contributed by atoms with van der Waals surface area (Å²) in [4.78, 5) is 12.6. The number of nitrogens with zero attached hydrogens (tertiary/aromatic N) is 2. The summed E-state index contributed by atoms with van der Waals surface area (Å²) in [6, 6.07) is 11.1. The van der Waals surface area contributed by atoms with E-state index in [-0.39, 0.29) is 16.0 Å². The number of hydrogen-bond acceptors (Lipinski definition) is 4. The molecule has 10 heteroatoms. The number of rotatable bonds is 6. The monoisotopic (exact) mass is 509 g/mol. The molecular formula is C25H30F3N3O3S. The minimum atomic E-state index is -4.67. The zero-order chi connectivity index (χ0) is 25.9. The van der Waals surface area contributed by atoms with E-state index in [1.54, 1.807) is 6.07 Å². The molecular weight excluding hydrogens is 479 g/mol. The van der Waals surface area contributed by atoms with Crippen LogP contribution in [-0.2, 0) is 21.0 Å². The van der Waals surface area contributed by atoms with Gasteiger partial charge in [0.05, 0.1) is 16.1 Å². The lowest BCUT2D eigenvalue weighted by atomic mass is 9.72. The van der Waals surface area contributed by atoms with E-state index >= 15 is 0 Å². The molecule has 2 aromatic rings. The summed E-state index contributed by atoms with van der Waals surface area (Å²) in [5.41, 5.74) is 2.12. The van der Waals surface area contributed by atoms with Crippen LogP contribution in [0.1, 0.15) is 52.0 Å². The summed E-state index contributed by atoms with van der Waals surface area (Å²) < 4.78 is 67.1. The molecule has 1 saturated carbocycles. The third kappa shape index (κ3) is 6.84. The lowest BCUT2D eigenvalue weighted by Crippen LogP contribution is -2.40. The Bertz CT molecular complexity index is 1160. The summed E-state index contributed by atoms with van der Waals surface area (Å²) in [6.45, 7) is 5.85. The SMILES string of the molecule is CC(C)(C)C1CCC(=NNC(=O)CN(c2cccc(C(F)(F)F)c2)S(=O)(=O)c2ccccc2)CC1. The highest BCUT2D eigenvalue weighted by Crippen LogP contribution is 2.37. The molecule has 190 valence electrons. The molecule has 1 aliphatic carbocycles. The van der Waals surface area contributed by atoms with Crippen molar-refractivity contribution in [3.8, 4) is 0 Å². The maximum absolute atomic E-state index is 13.3. The quantitative estimate of drug-likeness (QED) is 0.514. The van der Waals surface area contributed by atoms with Gasteiger partial charge in [-0.1, -0.05) is 45.0 Å². The molecule has 1 N–H and O–H groups in total. The number of alkyl halides is 3. The molecule has 2 aromatic carbocycles. The van der Waals surface area contributed by atoms with Crippen LogP contribution in [0.4, 0.5) is 18.9 Å². The molecule has 0 heterocycles. The number of carbonyl (C=O) groups excluding carboxylic acids is 1. The standard InChI is InChI=1S/C25H30F3N3O3S/c1-24(2,3)18-12-14-20(15-13-18)29-30-23(32)17-31(35(33,34)22-10-5-4-6-11-22)21-9-7-8-19(16-21)25(26,27)28/h4-11,16,18H,12-15,17H2,1-3H3,(H,30,32). The van der Waals surface area contributed by atoms with Gasteiger partial charge in [-0.3, -0.25) is 9.10 Å². The number of carbonyl (C=O) groups is 1. The van der Waals surface area contributed by atoms with Crippen LogP contribution >= 0.6 is 0 Å². The molecule has 0 unspecified atom stereocenters. The van der Waals surface area contributed by atoms with Gasteiger partial charge in [0.2, 0.25) is 0 Å². The number of sulfonamides is 1. The van der Waals surface area contributed by atoms with Crippen LogP contribution in [0.2, 0.25) is 0 Å². The van der Waals surface area contributed by atoms with Crippen molar-refractivity contribution in [3.63, 3.8) is 0 Å². The van der Waals surface area contributed by atoms with E-state index in [0.717, 1.165) is 43.5 Å². The normalized spacial score (nSPS) is 17.1. The second kappa shape index (κ2) is 10.4. The average molecular weight is 510 g/mol. The minimum absolute atomic E-state index is 0.142. The van der Waals surface area contributed by atoms with Crippen LogP contribution in [0, 0.1) is 11.3 Å². The summed E-state index contributed by atoms with van der Waals surface area (Å²) in [5, 5.41) is 4.17. The number of amides is 1. The van der Waals surface area contributed by atoms with Crippen LogP contribution in [0.3, 0.4) is 0 Å². The summed E-state index contributed by atoms with van der Waals surface area (Å²) in [7, 11) is -4.32. The fourth-order valence-electron chi connectivity index (χ4n) is 4.11. The van der Waals surface area contributed by atoms with Gasteiger partial charge >= 0.3 is 6.18 Å². The molecule has 6 nitrogen and oxygen atoms in total. The van der Waals surface area contributed by atoms with Crippen molar-refractivity contribution in [1.82, 2.24) is 5.43 Å². The highest BCUT2D eigenvalue weighted by atomic mass is 32.2. The zero-order valence-corrected chi connectivity index (χ0v) is 20.8. The third-order valence-corrected chi connectivity index (χ3v) is 7.99. The molecule has 0 aliphatic heterocycles. The van der Waals surface area contributed by atoms with Gasteiger partial charge < -0.3 is 0 Å². The maximum Gasteiger partial charge on any atom is 0.416 e. The first-order chi connectivity index (χ1) is 16.3. The van der Waals surface area contributed by atoms with Gasteiger partial charge in [0.25, 0.3) is 15.9 Å². The Kier molecular flexibility index (Phi) is 7.93. The van der Waals surface area contributed by atoms with Crippen molar-refractivity contribution in [2.24, 2.45) is 16.4 Å². The van der Waals surface area contributed by atoms with Crippen molar-refractivity contribution in [3.05, 3.63) is 60.2 Å². The summed E-state index contributed by atoms with van der Waals surface area (Å²) in [6.07, 6.45) is -1.34. The number of hydrogen-bond donors (Lipinski definition) is 1. The van der Waals surface area contributed by atoms with Crippen LogP contribution in [0.5, 0.6) is 0 Å². The van der Waals surface area contributed by atoms with Gasteiger partial charge in [-0.2, -0.15) is 18.3 Å². The molecule has 0 bridgehead atoms. The van der Waals surface area contributed by atoms with Gasteiger partial charge in [0, 0.05) is 5.71 Å². The van der Waals surface area contributed by atoms with Crippen molar-refractivity contribution in [1.29, 1.82) is 0 Å². The fourth-order valence-corrected chi connectivity index (χ4v) is 5.54. The van der Waals surface area contributed by atoms with Gasteiger partial charge in [-0.25, -0.2) is 13.8 Å². The number of hydrazone groups is 1. The predicted octanol–water partition coefficient (Wildman–Crippen LogP) is 5.61. The molecule has 0 spiro atoms. The van der Waals surface area contributed by atoms with Crippen molar-refractivity contribution >= 4 is 27.3 Å². The smallest absolute Gasteiger partial charge is 0.271 e. The molecule has 0 radical (unpaired) electrons. The van der Waals surface area contributed by atoms with Crippen molar-refractivity contribution in [2.45, 2.75) is 57.5 Å². The fraction of sp³-hybridized carbons (Fsp3) is 0.440. The largest absolute Gasteiger partial charge is 0.416 e. The highest BCUT2D eigenvalue weighted by molar-refractivity contribution is 7.92. The van der Waals surface area contributed by atoms with Crippen LogP contribution in [-0.4, -0.2) is 26.6 Å². The number of halogens is 3. The minimum Gasteiger partial charge on any atom is -0.271 e. The van der Waals surface area contributed by atoms with Gasteiger partial charge in [-0.15, -0.1) is 0 Å². The molecule has 1 amide bonds. The van der Waals surface area contributed by atoms with Crippen molar-refractivity contribution in [2.75, 3.05) is 10.8 Å². The predicted molar refractivity (Wildman–Crippen MR) is 129 cm³/mol. The molecule has 35 heavy (non-hydrogen) atoms. The van der Waals surface area contributed by atoms with Crippen LogP contribution in [0.25, 0.3) is 0 Å². The third-order valence-electron chi connectivity index (χ3n) is 6.21. The molecule has 0 atom stereocenters. The number of benzene rings is 2. The van der Waals surface area contributed by atoms with E-state index in [1.807, 2.05) is 0 Å². The Balaban J connectivity index is 1.82. The summed E-state index contributed by atoms with van der Waals surface area (Å²) >= 11 is 0. The summed E-state index contributed by atoms with van der Waals surface area (Å²) in [5.74, 6) is -0.197. The van der Waals surface area contributed by atoms with Crippen LogP contribution in [0.15, 0.2) is 64.6 Å². The van der Waals surface area contributed by atoms with E-state index in [0.29, 0.717) is 16.3 Å². The van der Waals surface area contributed by atoms with Gasteiger partial charge in [-0.05, 0) is 67.3 Å². The highest BCUT2D eigenvalue weighted by Gasteiger charge is 2.33. The molecule has 1 aliphatic rings. The molecule has 3 rings (SSSR count). The topological polar surface area (TPSA) is 78.8 Å². The van der Waals surface area contributed by atoms with Crippen molar-refractivity contribution < 1.29 is 26.4 Å².